The van der Waals surface area contributed by atoms with Gasteiger partial charge in [-0.2, -0.15) is 0 Å². The number of benzene rings is 11. The molecule has 0 atom stereocenters. The van der Waals surface area contributed by atoms with Gasteiger partial charge in [-0.15, -0.1) is 0 Å². The Morgan fingerprint density at radius 3 is 1.51 bits per heavy atom. The van der Waals surface area contributed by atoms with Crippen molar-refractivity contribution < 1.29 is 0 Å². The van der Waals surface area contributed by atoms with Crippen molar-refractivity contribution in [3.63, 3.8) is 0 Å². The largest absolute Gasteiger partial charge is 0.316 e. The molecule has 2 aromatic heterocycles. The van der Waals surface area contributed by atoms with E-state index >= 15 is 0 Å². The highest BCUT2D eigenvalue weighted by Gasteiger charge is 2.46. The third kappa shape index (κ3) is 6.41. The van der Waals surface area contributed by atoms with Crippen LogP contribution in [0.4, 0.5) is 17.1 Å². The predicted molar refractivity (Wildman–Crippen MR) is 313 cm³/mol. The predicted octanol–water partition coefficient (Wildman–Crippen LogP) is 18.5. The molecular formula is C72H51N3. The van der Waals surface area contributed by atoms with Gasteiger partial charge in [0.25, 0.3) is 0 Å². The van der Waals surface area contributed by atoms with E-state index in [1.807, 2.05) is 0 Å². The van der Waals surface area contributed by atoms with Crippen LogP contribution in [0.5, 0.6) is 0 Å². The standard InChI is InChI=1S/C72H51N3/c1-71(2)64-29-17-15-27-58(64)60-38-36-56(45-66(60)71)74(57-37-39-61-59-28-16-18-30-65(59)72(67(61)46-57,51-19-7-3-8-20-51)52-21-9-4-10-22-52)55-34-31-48(32-35-55)49-33-40-68-62(43-49)63-44-50-41-42-73(53-23-11-5-12-24-53)69(50)47-70(63)75(68)54-25-13-6-14-26-54/h3-47H,1-2H3. The van der Waals surface area contributed by atoms with Crippen molar-refractivity contribution in [1.29, 1.82) is 0 Å². The molecule has 2 aliphatic rings. The zero-order chi connectivity index (χ0) is 49.8. The van der Waals surface area contributed by atoms with Crippen LogP contribution in [0.3, 0.4) is 0 Å². The first kappa shape index (κ1) is 43.2. The molecule has 0 amide bonds. The molecule has 75 heavy (non-hydrogen) atoms. The fourth-order valence-corrected chi connectivity index (χ4v) is 13.2. The summed E-state index contributed by atoms with van der Waals surface area (Å²) >= 11 is 0. The van der Waals surface area contributed by atoms with Gasteiger partial charge in [0.15, 0.2) is 0 Å². The molecule has 0 saturated heterocycles. The fourth-order valence-electron chi connectivity index (χ4n) is 13.2. The third-order valence-corrected chi connectivity index (χ3v) is 16.6. The van der Waals surface area contributed by atoms with Crippen molar-refractivity contribution in [2.45, 2.75) is 24.7 Å². The lowest BCUT2D eigenvalue weighted by atomic mass is 9.67. The van der Waals surface area contributed by atoms with E-state index in [0.29, 0.717) is 0 Å². The second kappa shape index (κ2) is 16.5. The van der Waals surface area contributed by atoms with Crippen LogP contribution in [0.15, 0.2) is 273 Å². The van der Waals surface area contributed by atoms with E-state index in [4.69, 9.17) is 0 Å². The van der Waals surface area contributed by atoms with Crippen molar-refractivity contribution >= 4 is 49.8 Å². The molecule has 0 aliphatic heterocycles. The average Bonchev–Trinajstić information content (AvgIpc) is 4.28. The molecule has 11 aromatic carbocycles. The highest BCUT2D eigenvalue weighted by atomic mass is 15.1. The number of rotatable bonds is 8. The van der Waals surface area contributed by atoms with Crippen molar-refractivity contribution in [1.82, 2.24) is 9.13 Å². The molecule has 0 N–H and O–H groups in total. The van der Waals surface area contributed by atoms with Gasteiger partial charge in [-0.25, -0.2) is 0 Å². The lowest BCUT2D eigenvalue weighted by molar-refractivity contribution is 0.660. The van der Waals surface area contributed by atoms with Gasteiger partial charge >= 0.3 is 0 Å². The molecule has 354 valence electrons. The van der Waals surface area contributed by atoms with E-state index in [-0.39, 0.29) is 5.41 Å². The first-order valence-corrected chi connectivity index (χ1v) is 26.2. The number of fused-ring (bicyclic) bond motifs is 10. The summed E-state index contributed by atoms with van der Waals surface area (Å²) < 4.78 is 4.72. The third-order valence-electron chi connectivity index (χ3n) is 16.6. The zero-order valence-electron chi connectivity index (χ0n) is 41.8. The molecule has 0 unspecified atom stereocenters. The number of para-hydroxylation sites is 2. The Morgan fingerprint density at radius 1 is 0.333 bits per heavy atom. The SMILES string of the molecule is CC1(C)c2ccccc2-c2ccc(N(c3ccc(-c4ccc5c(c4)c4cc6ccn(-c7ccccc7)c6cc4n5-c4ccccc4)cc3)c3ccc4c(c3)C(c3ccccc3)(c3ccccc3)c3ccccc3-4)cc21. The van der Waals surface area contributed by atoms with Gasteiger partial charge < -0.3 is 14.0 Å². The minimum Gasteiger partial charge on any atom is -0.316 e. The summed E-state index contributed by atoms with van der Waals surface area (Å²) in [5.41, 5.74) is 23.8. The topological polar surface area (TPSA) is 13.1 Å². The zero-order valence-corrected chi connectivity index (χ0v) is 41.8. The van der Waals surface area contributed by atoms with Crippen LogP contribution in [-0.4, -0.2) is 9.13 Å². The summed E-state index contributed by atoms with van der Waals surface area (Å²) in [6, 6.07) is 99.2. The number of anilines is 3. The molecule has 2 heterocycles. The van der Waals surface area contributed by atoms with Gasteiger partial charge in [0.2, 0.25) is 0 Å². The Bertz CT molecular complexity index is 4310. The van der Waals surface area contributed by atoms with Crippen LogP contribution >= 0.6 is 0 Å². The monoisotopic (exact) mass is 957 g/mol. The number of nitrogens with zero attached hydrogens (tertiary/aromatic N) is 3. The minimum absolute atomic E-state index is 0.160. The molecule has 3 heteroatoms. The summed E-state index contributed by atoms with van der Waals surface area (Å²) in [6.07, 6.45) is 2.19. The lowest BCUT2D eigenvalue weighted by Gasteiger charge is -2.35. The number of aromatic nitrogens is 2. The lowest BCUT2D eigenvalue weighted by Crippen LogP contribution is -2.28. The Morgan fingerprint density at radius 2 is 0.840 bits per heavy atom. The van der Waals surface area contributed by atoms with Crippen molar-refractivity contribution in [3.8, 4) is 44.8 Å². The maximum absolute atomic E-state index is 2.48. The highest BCUT2D eigenvalue weighted by molar-refractivity contribution is 6.14. The Balaban J connectivity index is 0.902. The molecule has 0 bridgehead atoms. The molecule has 15 rings (SSSR count). The van der Waals surface area contributed by atoms with E-state index in [1.165, 1.54) is 99.5 Å². The van der Waals surface area contributed by atoms with Crippen LogP contribution in [0.25, 0.3) is 77.5 Å². The van der Waals surface area contributed by atoms with Crippen molar-refractivity contribution in [3.05, 3.63) is 306 Å². The van der Waals surface area contributed by atoms with E-state index in [2.05, 4.69) is 301 Å². The van der Waals surface area contributed by atoms with Gasteiger partial charge in [0, 0.05) is 56.2 Å². The molecule has 2 aliphatic carbocycles. The van der Waals surface area contributed by atoms with Crippen LogP contribution in [-0.2, 0) is 10.8 Å². The van der Waals surface area contributed by atoms with Gasteiger partial charge in [-0.1, -0.05) is 190 Å². The van der Waals surface area contributed by atoms with Crippen LogP contribution in [0.1, 0.15) is 47.2 Å². The second-order valence-corrected chi connectivity index (χ2v) is 20.9. The average molecular weight is 958 g/mol. The molecule has 13 aromatic rings. The molecule has 3 nitrogen and oxygen atoms in total. The number of hydrogen-bond donors (Lipinski definition) is 0. The summed E-state index contributed by atoms with van der Waals surface area (Å²) in [7, 11) is 0. The summed E-state index contributed by atoms with van der Waals surface area (Å²) in [4.78, 5) is 2.48. The quantitative estimate of drug-likeness (QED) is 0.148. The van der Waals surface area contributed by atoms with Crippen molar-refractivity contribution in [2.75, 3.05) is 4.90 Å². The molecule has 0 radical (unpaired) electrons. The van der Waals surface area contributed by atoms with Crippen LogP contribution in [0, 0.1) is 0 Å². The van der Waals surface area contributed by atoms with E-state index < -0.39 is 5.41 Å². The van der Waals surface area contributed by atoms with Crippen molar-refractivity contribution in [2.24, 2.45) is 0 Å². The van der Waals surface area contributed by atoms with E-state index in [0.717, 1.165) is 28.4 Å². The Labute approximate surface area is 437 Å². The van der Waals surface area contributed by atoms with Crippen LogP contribution in [0.2, 0.25) is 0 Å². The fraction of sp³-hybridized carbons (Fsp3) is 0.0556. The van der Waals surface area contributed by atoms with E-state index in [9.17, 15) is 0 Å². The van der Waals surface area contributed by atoms with Crippen LogP contribution < -0.4 is 4.90 Å². The van der Waals surface area contributed by atoms with Gasteiger partial charge in [0.05, 0.1) is 22.0 Å². The Hall–Kier alpha value is -9.44. The molecule has 0 fully saturated rings. The number of hydrogen-bond acceptors (Lipinski definition) is 1. The second-order valence-electron chi connectivity index (χ2n) is 20.9. The maximum Gasteiger partial charge on any atom is 0.0714 e. The highest BCUT2D eigenvalue weighted by Crippen LogP contribution is 2.58. The first-order chi connectivity index (χ1) is 36.9. The normalized spacial score (nSPS) is 13.7. The smallest absolute Gasteiger partial charge is 0.0714 e. The summed E-state index contributed by atoms with van der Waals surface area (Å²) in [5, 5.41) is 3.68. The van der Waals surface area contributed by atoms with Gasteiger partial charge in [-0.05, 0) is 158 Å². The minimum atomic E-state index is -0.526. The van der Waals surface area contributed by atoms with Gasteiger partial charge in [0.1, 0.15) is 0 Å². The summed E-state index contributed by atoms with van der Waals surface area (Å²) in [6.45, 7) is 4.75. The maximum atomic E-state index is 2.48. The van der Waals surface area contributed by atoms with E-state index in [1.54, 1.807) is 0 Å². The summed E-state index contributed by atoms with van der Waals surface area (Å²) in [5.74, 6) is 0. The van der Waals surface area contributed by atoms with Gasteiger partial charge in [-0.3, -0.25) is 0 Å². The first-order valence-electron chi connectivity index (χ1n) is 26.2. The Kier molecular flexibility index (Phi) is 9.52. The molecule has 0 spiro atoms. The molecule has 0 saturated carbocycles. The molecular weight excluding hydrogens is 907 g/mol.